The van der Waals surface area contributed by atoms with E-state index in [9.17, 15) is 0 Å². The summed E-state index contributed by atoms with van der Waals surface area (Å²) in [5, 5.41) is 8.40. The van der Waals surface area contributed by atoms with Gasteiger partial charge in [-0.25, -0.2) is 4.57 Å². The largest absolute Gasteiger partial charge is 0.222 e. The minimum absolute atomic E-state index is 1.32. The van der Waals surface area contributed by atoms with Crippen LogP contribution in [0.4, 0.5) is 0 Å². The van der Waals surface area contributed by atoms with Crippen LogP contribution in [0.25, 0.3) is 32.8 Å². The van der Waals surface area contributed by atoms with Gasteiger partial charge in [0.1, 0.15) is 15.1 Å². The van der Waals surface area contributed by atoms with Gasteiger partial charge in [-0.05, 0) is 40.8 Å². The Morgan fingerprint density at radius 3 is 2.31 bits per heavy atom. The van der Waals surface area contributed by atoms with Crippen molar-refractivity contribution in [3.63, 3.8) is 0 Å². The summed E-state index contributed by atoms with van der Waals surface area (Å²) < 4.78 is 2.31. The zero-order chi connectivity index (χ0) is 22.0. The summed E-state index contributed by atoms with van der Waals surface area (Å²) in [4.78, 5) is 2.76. The molecule has 0 fully saturated rings. The Balaban J connectivity index is 1.66. The molecule has 0 atom stereocenters. The molecule has 1 aromatic heterocycles. The number of fused-ring (bicyclic) bond motifs is 3. The van der Waals surface area contributed by atoms with Crippen molar-refractivity contribution in [2.45, 2.75) is 29.8 Å². The number of hydrogen-bond acceptors (Lipinski definition) is 1. The highest BCUT2D eigenvalue weighted by atomic mass is 32.2. The number of aryl methyl sites for hydroxylation is 2. The van der Waals surface area contributed by atoms with Crippen molar-refractivity contribution < 1.29 is 4.57 Å². The number of hydrogen-bond donors (Lipinski definition) is 0. The maximum atomic E-state index is 2.49. The summed E-state index contributed by atoms with van der Waals surface area (Å²) in [7, 11) is 0.390. The monoisotopic (exact) mass is 448 g/mol. The predicted octanol–water partition coefficient (Wildman–Crippen LogP) is 6.08. The predicted molar refractivity (Wildman–Crippen MR) is 140 cm³/mol. The SMILES string of the molecule is Cc1c2c(cc3ccccc13)Sc1cc([Si](C)(C)c3ccccc3)cc3cc[n+](C)c-2c13. The maximum absolute atomic E-state index is 2.49. The normalized spacial score (nSPS) is 12.9. The standard InChI is InChI=1S/C29H26NSSi/c1-19-24-13-9-8-10-20(24)17-25-27(19)29-28-21(14-15-30(29)2)16-23(18-26(28)31-25)32(3,4)22-11-6-5-7-12-22/h5-18H,1-4H3/q+1. The first kappa shape index (κ1) is 19.8. The van der Waals surface area contributed by atoms with Gasteiger partial charge in [0.15, 0.2) is 6.20 Å². The summed E-state index contributed by atoms with van der Waals surface area (Å²) >= 11 is 1.95. The second-order valence-corrected chi connectivity index (χ2v) is 14.9. The van der Waals surface area contributed by atoms with Crippen LogP contribution in [0.2, 0.25) is 13.1 Å². The van der Waals surface area contributed by atoms with Gasteiger partial charge in [-0.3, -0.25) is 0 Å². The van der Waals surface area contributed by atoms with E-state index in [1.54, 1.807) is 0 Å². The second kappa shape index (κ2) is 7.06. The lowest BCUT2D eigenvalue weighted by molar-refractivity contribution is -0.659. The Labute approximate surface area is 194 Å². The molecule has 0 spiro atoms. The lowest BCUT2D eigenvalue weighted by Gasteiger charge is -2.27. The first-order valence-electron chi connectivity index (χ1n) is 11.2. The van der Waals surface area contributed by atoms with Gasteiger partial charge in [0, 0.05) is 15.9 Å². The molecule has 1 nitrogen and oxygen atoms in total. The van der Waals surface area contributed by atoms with Gasteiger partial charge in [-0.1, -0.05) is 95.9 Å². The number of rotatable bonds is 2. The summed E-state index contributed by atoms with van der Waals surface area (Å²) in [5.74, 6) is 0. The zero-order valence-corrected chi connectivity index (χ0v) is 20.8. The molecule has 0 saturated carbocycles. The van der Waals surface area contributed by atoms with Crippen molar-refractivity contribution in [2.24, 2.45) is 7.05 Å². The van der Waals surface area contributed by atoms with E-state index in [2.05, 4.69) is 117 Å². The molecule has 32 heavy (non-hydrogen) atoms. The van der Waals surface area contributed by atoms with Crippen molar-refractivity contribution in [2.75, 3.05) is 0 Å². The smallest absolute Gasteiger partial charge is 0.200 e. The van der Waals surface area contributed by atoms with Crippen LogP contribution in [-0.2, 0) is 7.05 Å². The van der Waals surface area contributed by atoms with E-state index in [4.69, 9.17) is 0 Å². The van der Waals surface area contributed by atoms with Crippen LogP contribution in [0.3, 0.4) is 0 Å². The van der Waals surface area contributed by atoms with Gasteiger partial charge in [-0.15, -0.1) is 0 Å². The molecule has 5 aromatic rings. The summed E-state index contributed by atoms with van der Waals surface area (Å²) in [6, 6.07) is 29.5. The molecule has 6 rings (SSSR count). The molecule has 4 aromatic carbocycles. The van der Waals surface area contributed by atoms with Crippen molar-refractivity contribution in [1.29, 1.82) is 0 Å². The van der Waals surface area contributed by atoms with Crippen molar-refractivity contribution in [1.82, 2.24) is 0 Å². The average molecular weight is 449 g/mol. The number of aromatic nitrogens is 1. The summed E-state index contributed by atoms with van der Waals surface area (Å²) in [5.41, 5.74) is 4.12. The van der Waals surface area contributed by atoms with E-state index in [1.807, 2.05) is 11.8 Å². The highest BCUT2D eigenvalue weighted by Gasteiger charge is 2.32. The first-order valence-corrected chi connectivity index (χ1v) is 15.0. The molecule has 3 heteroatoms. The molecule has 0 saturated heterocycles. The van der Waals surface area contributed by atoms with E-state index in [0.29, 0.717) is 0 Å². The summed E-state index contributed by atoms with van der Waals surface area (Å²) in [6.45, 7) is 7.23. The van der Waals surface area contributed by atoms with Crippen LogP contribution >= 0.6 is 11.8 Å². The molecule has 0 radical (unpaired) electrons. The van der Waals surface area contributed by atoms with Crippen LogP contribution in [0.1, 0.15) is 5.56 Å². The van der Waals surface area contributed by atoms with Crippen molar-refractivity contribution >= 4 is 51.8 Å². The lowest BCUT2D eigenvalue weighted by Crippen LogP contribution is -2.52. The molecular formula is C29H26NSSi+. The third kappa shape index (κ3) is 2.81. The Morgan fingerprint density at radius 1 is 0.750 bits per heavy atom. The van der Waals surface area contributed by atoms with Gasteiger partial charge in [0.2, 0.25) is 5.69 Å². The minimum Gasteiger partial charge on any atom is -0.200 e. The van der Waals surface area contributed by atoms with Gasteiger partial charge in [-0.2, -0.15) is 0 Å². The van der Waals surface area contributed by atoms with E-state index >= 15 is 0 Å². The highest BCUT2D eigenvalue weighted by Crippen LogP contribution is 2.49. The zero-order valence-electron chi connectivity index (χ0n) is 18.9. The van der Waals surface area contributed by atoms with E-state index in [1.165, 1.54) is 58.5 Å². The second-order valence-electron chi connectivity index (χ2n) is 9.40. The topological polar surface area (TPSA) is 3.88 Å². The first-order chi connectivity index (χ1) is 15.4. The fourth-order valence-corrected chi connectivity index (χ4v) is 8.98. The van der Waals surface area contributed by atoms with Crippen LogP contribution in [-0.4, -0.2) is 8.07 Å². The molecule has 0 aliphatic carbocycles. The molecule has 0 N–H and O–H groups in total. The Kier molecular flexibility index (Phi) is 4.36. The van der Waals surface area contributed by atoms with Crippen LogP contribution < -0.4 is 14.9 Å². The molecule has 1 aliphatic heterocycles. The van der Waals surface area contributed by atoms with Gasteiger partial charge in [0.25, 0.3) is 0 Å². The maximum Gasteiger partial charge on any atom is 0.222 e. The third-order valence-electron chi connectivity index (χ3n) is 7.15. The molecule has 0 amide bonds. The van der Waals surface area contributed by atoms with Gasteiger partial charge < -0.3 is 0 Å². The third-order valence-corrected chi connectivity index (χ3v) is 11.7. The average Bonchev–Trinajstić information content (AvgIpc) is 2.81. The van der Waals surface area contributed by atoms with Gasteiger partial charge in [0.05, 0.1) is 10.9 Å². The Morgan fingerprint density at radius 2 is 1.50 bits per heavy atom. The molecule has 2 heterocycles. The number of pyridine rings is 1. The van der Waals surface area contributed by atoms with Crippen molar-refractivity contribution in [3.05, 3.63) is 90.6 Å². The fraction of sp³-hybridized carbons (Fsp3) is 0.138. The fourth-order valence-electron chi connectivity index (χ4n) is 5.22. The van der Waals surface area contributed by atoms with Crippen LogP contribution in [0, 0.1) is 6.92 Å². The van der Waals surface area contributed by atoms with E-state index in [-0.39, 0.29) is 0 Å². The molecule has 0 unspecified atom stereocenters. The number of benzene rings is 4. The Bertz CT molecular complexity index is 1540. The molecule has 0 bridgehead atoms. The molecular weight excluding hydrogens is 422 g/mol. The van der Waals surface area contributed by atoms with Crippen LogP contribution in [0.15, 0.2) is 94.9 Å². The van der Waals surface area contributed by atoms with Crippen molar-refractivity contribution in [3.8, 4) is 11.3 Å². The van der Waals surface area contributed by atoms with E-state index < -0.39 is 8.07 Å². The summed E-state index contributed by atoms with van der Waals surface area (Å²) in [6.07, 6.45) is 2.23. The lowest BCUT2D eigenvalue weighted by atomic mass is 9.94. The number of nitrogens with zero attached hydrogens (tertiary/aromatic N) is 1. The van der Waals surface area contributed by atoms with E-state index in [0.717, 1.165) is 0 Å². The highest BCUT2D eigenvalue weighted by molar-refractivity contribution is 7.99. The van der Waals surface area contributed by atoms with Gasteiger partial charge >= 0.3 is 0 Å². The quantitative estimate of drug-likeness (QED) is 0.229. The Hall–Kier alpha value is -2.88. The van der Waals surface area contributed by atoms with Crippen LogP contribution in [0.5, 0.6) is 0 Å². The molecule has 1 aliphatic rings. The molecule has 156 valence electrons. The minimum atomic E-state index is -1.79.